The minimum atomic E-state index is -0.587. The smallest absolute Gasteiger partial charge is 0.253 e. The highest BCUT2D eigenvalue weighted by Crippen LogP contribution is 2.29. The summed E-state index contributed by atoms with van der Waals surface area (Å²) in [4.78, 5) is 34.1. The minimum Gasteiger partial charge on any atom is -0.363 e. The van der Waals surface area contributed by atoms with Crippen molar-refractivity contribution in [3.8, 4) is 0 Å². The maximum atomic E-state index is 13.3. The summed E-state index contributed by atoms with van der Waals surface area (Å²) in [6.45, 7) is 10.0. The summed E-state index contributed by atoms with van der Waals surface area (Å²) in [6, 6.07) is 10.6. The van der Waals surface area contributed by atoms with E-state index in [0.717, 1.165) is 5.69 Å². The number of hydrogen-bond donors (Lipinski definition) is 1. The van der Waals surface area contributed by atoms with Crippen molar-refractivity contribution >= 4 is 29.1 Å². The van der Waals surface area contributed by atoms with Crippen molar-refractivity contribution in [1.82, 2.24) is 15.2 Å². The molecule has 0 spiro atoms. The van der Waals surface area contributed by atoms with Crippen molar-refractivity contribution in [1.29, 1.82) is 0 Å². The first-order valence-electron chi connectivity index (χ1n) is 10.2. The molecule has 2 heterocycles. The highest BCUT2D eigenvalue weighted by Gasteiger charge is 2.38. The first-order chi connectivity index (χ1) is 14.2. The van der Waals surface area contributed by atoms with Crippen LogP contribution in [0.4, 0.5) is 5.69 Å². The highest BCUT2D eigenvalue weighted by atomic mass is 35.5. The standard InChI is InChI=1S/C23H29ClN4O2/c1-16(2)20(26-21(29)17-6-5-11-25-14-17)22(30)27-12-13-28(23(3,4)15-27)19-9-7-18(24)8-10-19/h5-11,14,16,20H,12-13,15H2,1-4H3,(H,26,29). The number of anilines is 1. The molecule has 30 heavy (non-hydrogen) atoms. The van der Waals surface area contributed by atoms with E-state index in [1.54, 1.807) is 18.3 Å². The lowest BCUT2D eigenvalue weighted by Gasteiger charge is -2.49. The molecule has 0 radical (unpaired) electrons. The molecule has 0 bridgehead atoms. The van der Waals surface area contributed by atoms with Gasteiger partial charge in [0.25, 0.3) is 5.91 Å². The van der Waals surface area contributed by atoms with Crippen LogP contribution in [0.5, 0.6) is 0 Å². The predicted molar refractivity (Wildman–Crippen MR) is 120 cm³/mol. The van der Waals surface area contributed by atoms with E-state index < -0.39 is 6.04 Å². The number of piperazine rings is 1. The first kappa shape index (κ1) is 22.1. The van der Waals surface area contributed by atoms with E-state index >= 15 is 0 Å². The van der Waals surface area contributed by atoms with Crippen LogP contribution < -0.4 is 10.2 Å². The van der Waals surface area contributed by atoms with E-state index in [-0.39, 0.29) is 23.3 Å². The molecule has 0 aliphatic carbocycles. The minimum absolute atomic E-state index is 0.0319. The van der Waals surface area contributed by atoms with Gasteiger partial charge >= 0.3 is 0 Å². The van der Waals surface area contributed by atoms with Gasteiger partial charge in [0.15, 0.2) is 0 Å². The van der Waals surface area contributed by atoms with Crippen molar-refractivity contribution in [2.45, 2.75) is 39.3 Å². The number of amides is 2. The molecule has 1 N–H and O–H groups in total. The molecular weight excluding hydrogens is 400 g/mol. The third-order valence-electron chi connectivity index (χ3n) is 5.50. The zero-order valence-electron chi connectivity index (χ0n) is 17.9. The van der Waals surface area contributed by atoms with Crippen LogP contribution in [0.25, 0.3) is 0 Å². The van der Waals surface area contributed by atoms with Crippen molar-refractivity contribution < 1.29 is 9.59 Å². The molecular formula is C23H29ClN4O2. The van der Waals surface area contributed by atoms with E-state index in [0.29, 0.717) is 30.2 Å². The molecule has 1 saturated heterocycles. The average molecular weight is 429 g/mol. The fourth-order valence-corrected chi connectivity index (χ4v) is 4.00. The maximum absolute atomic E-state index is 13.3. The van der Waals surface area contributed by atoms with E-state index in [1.165, 1.54) is 6.20 Å². The molecule has 1 fully saturated rings. The molecule has 1 aromatic carbocycles. The van der Waals surface area contributed by atoms with Crippen LogP contribution in [0.2, 0.25) is 5.02 Å². The van der Waals surface area contributed by atoms with Crippen LogP contribution in [-0.4, -0.2) is 52.9 Å². The molecule has 2 amide bonds. The predicted octanol–water partition coefficient (Wildman–Crippen LogP) is 3.62. The number of rotatable bonds is 5. The zero-order valence-corrected chi connectivity index (χ0v) is 18.7. The van der Waals surface area contributed by atoms with Gasteiger partial charge in [-0.2, -0.15) is 0 Å². The number of carbonyl (C=O) groups is 2. The third kappa shape index (κ3) is 4.93. The Morgan fingerprint density at radius 2 is 1.83 bits per heavy atom. The van der Waals surface area contributed by atoms with Crippen LogP contribution in [-0.2, 0) is 4.79 Å². The molecule has 1 aliphatic heterocycles. The fourth-order valence-electron chi connectivity index (χ4n) is 3.87. The molecule has 1 atom stereocenters. The normalized spacial score (nSPS) is 17.0. The second-order valence-electron chi connectivity index (χ2n) is 8.64. The van der Waals surface area contributed by atoms with Gasteiger partial charge in [-0.15, -0.1) is 0 Å². The Hall–Kier alpha value is -2.60. The maximum Gasteiger partial charge on any atom is 0.253 e. The van der Waals surface area contributed by atoms with E-state index in [9.17, 15) is 9.59 Å². The van der Waals surface area contributed by atoms with Gasteiger partial charge in [0.2, 0.25) is 5.91 Å². The molecule has 3 rings (SSSR count). The molecule has 7 heteroatoms. The second-order valence-corrected chi connectivity index (χ2v) is 9.07. The van der Waals surface area contributed by atoms with E-state index in [2.05, 4.69) is 29.0 Å². The molecule has 1 unspecified atom stereocenters. The largest absolute Gasteiger partial charge is 0.363 e. The Labute approximate surface area is 183 Å². The van der Waals surface area contributed by atoms with Crippen molar-refractivity contribution in [3.05, 3.63) is 59.4 Å². The van der Waals surface area contributed by atoms with Gasteiger partial charge in [-0.05, 0) is 56.2 Å². The number of aromatic nitrogens is 1. The Morgan fingerprint density at radius 3 is 2.40 bits per heavy atom. The van der Waals surface area contributed by atoms with Crippen molar-refractivity contribution in [3.63, 3.8) is 0 Å². The average Bonchev–Trinajstić information content (AvgIpc) is 2.72. The summed E-state index contributed by atoms with van der Waals surface area (Å²) < 4.78 is 0. The lowest BCUT2D eigenvalue weighted by molar-refractivity contribution is -0.135. The molecule has 1 aromatic heterocycles. The van der Waals surface area contributed by atoms with Gasteiger partial charge in [0, 0.05) is 42.7 Å². The SMILES string of the molecule is CC(C)C(NC(=O)c1cccnc1)C(=O)N1CCN(c2ccc(Cl)cc2)C(C)(C)C1. The summed E-state index contributed by atoms with van der Waals surface area (Å²) in [5.41, 5.74) is 1.28. The summed E-state index contributed by atoms with van der Waals surface area (Å²) >= 11 is 6.03. The number of halogens is 1. The van der Waals surface area contributed by atoms with Gasteiger partial charge in [-0.1, -0.05) is 25.4 Å². The molecule has 160 valence electrons. The van der Waals surface area contributed by atoms with E-state index in [4.69, 9.17) is 11.6 Å². The van der Waals surface area contributed by atoms with Crippen molar-refractivity contribution in [2.75, 3.05) is 24.5 Å². The quantitative estimate of drug-likeness (QED) is 0.789. The Bertz CT molecular complexity index is 884. The number of nitrogens with one attached hydrogen (secondary N) is 1. The van der Waals surface area contributed by atoms with Gasteiger partial charge in [-0.25, -0.2) is 0 Å². The third-order valence-corrected chi connectivity index (χ3v) is 5.75. The monoisotopic (exact) mass is 428 g/mol. The molecule has 1 aliphatic rings. The Morgan fingerprint density at radius 1 is 1.13 bits per heavy atom. The lowest BCUT2D eigenvalue weighted by Crippen LogP contribution is -2.63. The lowest BCUT2D eigenvalue weighted by atomic mass is 9.95. The number of nitrogens with zero attached hydrogens (tertiary/aromatic N) is 3. The summed E-state index contributed by atoms with van der Waals surface area (Å²) in [6.07, 6.45) is 3.12. The highest BCUT2D eigenvalue weighted by molar-refractivity contribution is 6.30. The van der Waals surface area contributed by atoms with Crippen molar-refractivity contribution in [2.24, 2.45) is 5.92 Å². The Balaban J connectivity index is 1.72. The molecule has 2 aromatic rings. The zero-order chi connectivity index (χ0) is 21.9. The number of hydrogen-bond acceptors (Lipinski definition) is 4. The number of benzene rings is 1. The van der Waals surface area contributed by atoms with Crippen LogP contribution in [0, 0.1) is 5.92 Å². The summed E-state index contributed by atoms with van der Waals surface area (Å²) in [7, 11) is 0. The van der Waals surface area contributed by atoms with Crippen LogP contribution >= 0.6 is 11.6 Å². The summed E-state index contributed by atoms with van der Waals surface area (Å²) in [5, 5.41) is 3.61. The molecule has 6 nitrogen and oxygen atoms in total. The van der Waals surface area contributed by atoms with Crippen LogP contribution in [0.1, 0.15) is 38.1 Å². The first-order valence-corrected chi connectivity index (χ1v) is 10.6. The topological polar surface area (TPSA) is 65.5 Å². The van der Waals surface area contributed by atoms with Gasteiger partial charge in [0.1, 0.15) is 6.04 Å². The van der Waals surface area contributed by atoms with E-state index in [1.807, 2.05) is 43.0 Å². The fraction of sp³-hybridized carbons (Fsp3) is 0.435. The van der Waals surface area contributed by atoms with Gasteiger partial charge in [-0.3, -0.25) is 14.6 Å². The van der Waals surface area contributed by atoms with Gasteiger partial charge in [0.05, 0.1) is 11.1 Å². The molecule has 0 saturated carbocycles. The van der Waals surface area contributed by atoms with Crippen LogP contribution in [0.15, 0.2) is 48.8 Å². The Kier molecular flexibility index (Phi) is 6.66. The number of carbonyl (C=O) groups excluding carboxylic acids is 2. The second kappa shape index (κ2) is 9.04. The van der Waals surface area contributed by atoms with Gasteiger partial charge < -0.3 is 15.1 Å². The van der Waals surface area contributed by atoms with Crippen LogP contribution in [0.3, 0.4) is 0 Å². The number of pyridine rings is 1. The summed E-state index contributed by atoms with van der Waals surface area (Å²) in [5.74, 6) is -0.365.